The number of carbonyl (C=O) groups excluding carboxylic acids is 1. The molecule has 0 saturated heterocycles. The number of rotatable bonds is 3. The molecule has 1 saturated carbocycles. The van der Waals surface area contributed by atoms with Crippen LogP contribution in [0.1, 0.15) is 11.5 Å². The van der Waals surface area contributed by atoms with Crippen LogP contribution in [-0.2, 0) is 14.6 Å². The van der Waals surface area contributed by atoms with E-state index < -0.39 is 15.1 Å². The highest BCUT2D eigenvalue weighted by atomic mass is 32.2. The maximum Gasteiger partial charge on any atom is 0.151 e. The third kappa shape index (κ3) is 1.81. The molecule has 0 N–H and O–H groups in total. The van der Waals surface area contributed by atoms with E-state index >= 15 is 0 Å². The molecule has 80 valence electrons. The summed E-state index contributed by atoms with van der Waals surface area (Å²) in [5.74, 6) is -0.499. The number of hydrogen-bond acceptors (Lipinski definition) is 3. The summed E-state index contributed by atoms with van der Waals surface area (Å²) >= 11 is 0. The topological polar surface area (TPSA) is 51.2 Å². The summed E-state index contributed by atoms with van der Waals surface area (Å²) in [6.07, 6.45) is 1.94. The van der Waals surface area contributed by atoms with E-state index in [1.165, 1.54) is 6.26 Å². The SMILES string of the molecule is CS(=O)(=O)[C@@H]1[C@@H](C=O)[C@@H]1c1ccccc1. The quantitative estimate of drug-likeness (QED) is 0.720. The van der Waals surface area contributed by atoms with Crippen LogP contribution < -0.4 is 0 Å². The third-order valence-electron chi connectivity index (χ3n) is 2.84. The zero-order valence-electron chi connectivity index (χ0n) is 8.33. The van der Waals surface area contributed by atoms with Gasteiger partial charge in [-0.25, -0.2) is 8.42 Å². The van der Waals surface area contributed by atoms with Crippen molar-refractivity contribution < 1.29 is 13.2 Å². The molecule has 0 spiro atoms. The van der Waals surface area contributed by atoms with E-state index in [0.29, 0.717) is 0 Å². The van der Waals surface area contributed by atoms with Crippen LogP contribution >= 0.6 is 0 Å². The molecular weight excluding hydrogens is 212 g/mol. The van der Waals surface area contributed by atoms with E-state index in [9.17, 15) is 13.2 Å². The van der Waals surface area contributed by atoms with Crippen LogP contribution in [-0.4, -0.2) is 26.2 Å². The van der Waals surface area contributed by atoms with E-state index in [1.54, 1.807) is 0 Å². The Kier molecular flexibility index (Phi) is 2.38. The molecule has 2 rings (SSSR count). The smallest absolute Gasteiger partial charge is 0.151 e. The molecule has 0 amide bonds. The molecule has 0 bridgehead atoms. The number of sulfone groups is 1. The second-order valence-electron chi connectivity index (χ2n) is 3.94. The van der Waals surface area contributed by atoms with Gasteiger partial charge in [-0.1, -0.05) is 30.3 Å². The van der Waals surface area contributed by atoms with Gasteiger partial charge in [-0.3, -0.25) is 0 Å². The van der Waals surface area contributed by atoms with Gasteiger partial charge in [-0.15, -0.1) is 0 Å². The molecule has 1 aromatic carbocycles. The largest absolute Gasteiger partial charge is 0.303 e. The minimum absolute atomic E-state index is 0.140. The Morgan fingerprint density at radius 3 is 2.20 bits per heavy atom. The second kappa shape index (κ2) is 3.45. The van der Waals surface area contributed by atoms with Crippen molar-refractivity contribution in [2.24, 2.45) is 5.92 Å². The molecule has 0 heterocycles. The average molecular weight is 224 g/mol. The van der Waals surface area contributed by atoms with Crippen molar-refractivity contribution in [3.8, 4) is 0 Å². The fourth-order valence-corrected chi connectivity index (χ4v) is 3.69. The average Bonchev–Trinajstić information content (AvgIpc) is 2.92. The highest BCUT2D eigenvalue weighted by Gasteiger charge is 2.56. The summed E-state index contributed by atoms with van der Waals surface area (Å²) in [7, 11) is -3.12. The maximum atomic E-state index is 11.4. The summed E-state index contributed by atoms with van der Waals surface area (Å²) in [5, 5.41) is -0.516. The summed E-state index contributed by atoms with van der Waals surface area (Å²) in [6, 6.07) is 9.32. The van der Waals surface area contributed by atoms with Crippen LogP contribution in [0.25, 0.3) is 0 Å². The molecule has 0 aromatic heterocycles. The molecule has 0 radical (unpaired) electrons. The van der Waals surface area contributed by atoms with Crippen molar-refractivity contribution >= 4 is 16.1 Å². The molecule has 0 unspecified atom stereocenters. The number of benzene rings is 1. The maximum absolute atomic E-state index is 11.4. The van der Waals surface area contributed by atoms with Crippen LogP contribution in [0.4, 0.5) is 0 Å². The monoisotopic (exact) mass is 224 g/mol. The zero-order chi connectivity index (χ0) is 11.1. The predicted octanol–water partition coefficient (Wildman–Crippen LogP) is 1.01. The first-order valence-electron chi connectivity index (χ1n) is 4.75. The van der Waals surface area contributed by atoms with Gasteiger partial charge < -0.3 is 4.79 Å². The summed E-state index contributed by atoms with van der Waals surface area (Å²) < 4.78 is 22.8. The van der Waals surface area contributed by atoms with E-state index in [-0.39, 0.29) is 11.8 Å². The third-order valence-corrected chi connectivity index (χ3v) is 4.44. The number of hydrogen-bond donors (Lipinski definition) is 0. The predicted molar refractivity (Wildman–Crippen MR) is 57.4 cm³/mol. The van der Waals surface area contributed by atoms with Gasteiger partial charge in [0.1, 0.15) is 6.29 Å². The summed E-state index contributed by atoms with van der Waals surface area (Å²) in [6.45, 7) is 0. The molecule has 3 nitrogen and oxygen atoms in total. The van der Waals surface area contributed by atoms with Crippen molar-refractivity contribution in [2.75, 3.05) is 6.26 Å². The van der Waals surface area contributed by atoms with Crippen LogP contribution in [0.5, 0.6) is 0 Å². The van der Waals surface area contributed by atoms with Crippen LogP contribution in [0.2, 0.25) is 0 Å². The highest BCUT2D eigenvalue weighted by Crippen LogP contribution is 2.50. The lowest BCUT2D eigenvalue weighted by molar-refractivity contribution is -0.108. The van der Waals surface area contributed by atoms with Crippen molar-refractivity contribution in [3.05, 3.63) is 35.9 Å². The molecule has 3 atom stereocenters. The normalized spacial score (nSPS) is 29.8. The van der Waals surface area contributed by atoms with Crippen molar-refractivity contribution in [1.29, 1.82) is 0 Å². The van der Waals surface area contributed by atoms with Gasteiger partial charge in [-0.2, -0.15) is 0 Å². The zero-order valence-corrected chi connectivity index (χ0v) is 9.15. The van der Waals surface area contributed by atoms with Crippen molar-refractivity contribution in [2.45, 2.75) is 11.2 Å². The van der Waals surface area contributed by atoms with Gasteiger partial charge in [0, 0.05) is 18.1 Å². The van der Waals surface area contributed by atoms with E-state index in [0.717, 1.165) is 11.8 Å². The Bertz CT molecular complexity index is 464. The van der Waals surface area contributed by atoms with Gasteiger partial charge >= 0.3 is 0 Å². The summed E-state index contributed by atoms with van der Waals surface area (Å²) in [5.41, 5.74) is 0.935. The number of carbonyl (C=O) groups is 1. The minimum atomic E-state index is -3.12. The first kappa shape index (κ1) is 10.4. The second-order valence-corrected chi connectivity index (χ2v) is 6.15. The van der Waals surface area contributed by atoms with Gasteiger partial charge in [-0.05, 0) is 5.56 Å². The van der Waals surface area contributed by atoms with Crippen LogP contribution in [0.3, 0.4) is 0 Å². The molecular formula is C11H12O3S. The first-order chi connectivity index (χ1) is 7.05. The molecule has 1 aromatic rings. The lowest BCUT2D eigenvalue weighted by Crippen LogP contribution is -2.07. The fourth-order valence-electron chi connectivity index (χ4n) is 2.11. The van der Waals surface area contributed by atoms with Crippen molar-refractivity contribution in [3.63, 3.8) is 0 Å². The lowest BCUT2D eigenvalue weighted by Gasteiger charge is -1.97. The number of aldehydes is 1. The molecule has 15 heavy (non-hydrogen) atoms. The minimum Gasteiger partial charge on any atom is -0.303 e. The first-order valence-corrected chi connectivity index (χ1v) is 6.70. The molecule has 1 fully saturated rings. The molecule has 1 aliphatic carbocycles. The van der Waals surface area contributed by atoms with Crippen LogP contribution in [0, 0.1) is 5.92 Å². The lowest BCUT2D eigenvalue weighted by atomic mass is 10.1. The van der Waals surface area contributed by atoms with Gasteiger partial charge in [0.05, 0.1) is 5.25 Å². The standard InChI is InChI=1S/C11H12O3S/c1-15(13,14)11-9(7-12)10(11)8-5-3-2-4-6-8/h2-7,9-11H,1H3/t9-,10-,11+/m0/s1. The Labute approximate surface area is 89.0 Å². The van der Waals surface area contributed by atoms with E-state index in [4.69, 9.17) is 0 Å². The van der Waals surface area contributed by atoms with Crippen molar-refractivity contribution in [1.82, 2.24) is 0 Å². The Morgan fingerprint density at radius 1 is 1.20 bits per heavy atom. The Balaban J connectivity index is 2.31. The van der Waals surface area contributed by atoms with E-state index in [2.05, 4.69) is 0 Å². The summed E-state index contributed by atoms with van der Waals surface area (Å²) in [4.78, 5) is 10.7. The highest BCUT2D eigenvalue weighted by molar-refractivity contribution is 7.91. The van der Waals surface area contributed by atoms with Gasteiger partial charge in [0.25, 0.3) is 0 Å². The van der Waals surface area contributed by atoms with E-state index in [1.807, 2.05) is 30.3 Å². The van der Waals surface area contributed by atoms with Crippen LogP contribution in [0.15, 0.2) is 30.3 Å². The van der Waals surface area contributed by atoms with Gasteiger partial charge in [0.15, 0.2) is 9.84 Å². The molecule has 4 heteroatoms. The Hall–Kier alpha value is -1.16. The van der Waals surface area contributed by atoms with Gasteiger partial charge in [0.2, 0.25) is 0 Å². The molecule has 1 aliphatic rings. The molecule has 0 aliphatic heterocycles. The fraction of sp³-hybridized carbons (Fsp3) is 0.364. The Morgan fingerprint density at radius 2 is 1.80 bits per heavy atom.